The normalized spacial score (nSPS) is 11.8. The maximum atomic E-state index is 12.0. The Morgan fingerprint density at radius 3 is 2.55 bits per heavy atom. The first-order chi connectivity index (χ1) is 9.47. The van der Waals surface area contributed by atoms with Crippen LogP contribution in [0.3, 0.4) is 0 Å². The summed E-state index contributed by atoms with van der Waals surface area (Å²) in [5.74, 6) is -0.0976. The fraction of sp³-hybridized carbons (Fsp3) is 0.467. The average Bonchev–Trinajstić information content (AvgIpc) is 2.42. The van der Waals surface area contributed by atoms with E-state index < -0.39 is 0 Å². The lowest BCUT2D eigenvalue weighted by molar-refractivity contribution is -0.130. The Morgan fingerprint density at radius 1 is 1.35 bits per heavy atom. The first-order valence-corrected chi connectivity index (χ1v) is 7.56. The number of hydrogen-bond acceptors (Lipinski definition) is 2. The van der Waals surface area contributed by atoms with Gasteiger partial charge in [-0.1, -0.05) is 19.1 Å². The van der Waals surface area contributed by atoms with Crippen molar-refractivity contribution >= 4 is 27.7 Å². The molecule has 20 heavy (non-hydrogen) atoms. The third-order valence-corrected chi connectivity index (χ3v) is 3.98. The number of amides is 2. The predicted molar refractivity (Wildman–Crippen MR) is 83.6 cm³/mol. The first-order valence-electron chi connectivity index (χ1n) is 6.77. The molecule has 2 amide bonds. The fourth-order valence-electron chi connectivity index (χ4n) is 1.94. The Morgan fingerprint density at radius 2 is 2.00 bits per heavy atom. The monoisotopic (exact) mass is 340 g/mol. The second-order valence-corrected chi connectivity index (χ2v) is 5.56. The molecule has 0 radical (unpaired) electrons. The van der Waals surface area contributed by atoms with Gasteiger partial charge in [0.2, 0.25) is 5.91 Å². The summed E-state index contributed by atoms with van der Waals surface area (Å²) in [5, 5.41) is 2.84. The molecule has 0 saturated carbocycles. The minimum absolute atomic E-state index is 0.0366. The molecule has 1 N–H and O–H groups in total. The minimum atomic E-state index is -0.134. The summed E-state index contributed by atoms with van der Waals surface area (Å²) < 4.78 is 0.767. The topological polar surface area (TPSA) is 49.4 Å². The zero-order valence-electron chi connectivity index (χ0n) is 12.1. The van der Waals surface area contributed by atoms with Crippen LogP contribution in [0.15, 0.2) is 28.7 Å². The van der Waals surface area contributed by atoms with E-state index in [-0.39, 0.29) is 17.9 Å². The molecule has 0 bridgehead atoms. The SMILES string of the molecule is CCC(C)N(CCNC(=O)c1ccccc1Br)C(C)=O. The van der Waals surface area contributed by atoms with Crippen molar-refractivity contribution in [2.75, 3.05) is 13.1 Å². The van der Waals surface area contributed by atoms with Crippen LogP contribution in [0.2, 0.25) is 0 Å². The molecule has 0 heterocycles. The van der Waals surface area contributed by atoms with Gasteiger partial charge in [-0.05, 0) is 41.4 Å². The summed E-state index contributed by atoms with van der Waals surface area (Å²) >= 11 is 3.35. The number of nitrogens with one attached hydrogen (secondary N) is 1. The van der Waals surface area contributed by atoms with Crippen molar-refractivity contribution in [2.45, 2.75) is 33.2 Å². The molecule has 0 aromatic heterocycles. The van der Waals surface area contributed by atoms with E-state index >= 15 is 0 Å². The summed E-state index contributed by atoms with van der Waals surface area (Å²) in [7, 11) is 0. The maximum absolute atomic E-state index is 12.0. The summed E-state index contributed by atoms with van der Waals surface area (Å²) in [5.41, 5.74) is 0.602. The largest absolute Gasteiger partial charge is 0.350 e. The van der Waals surface area contributed by atoms with Gasteiger partial charge in [-0.15, -0.1) is 0 Å². The van der Waals surface area contributed by atoms with Crippen LogP contribution >= 0.6 is 15.9 Å². The zero-order chi connectivity index (χ0) is 15.1. The van der Waals surface area contributed by atoms with Crippen molar-refractivity contribution in [3.63, 3.8) is 0 Å². The number of nitrogens with zero attached hydrogens (tertiary/aromatic N) is 1. The van der Waals surface area contributed by atoms with E-state index in [9.17, 15) is 9.59 Å². The third kappa shape index (κ3) is 4.63. The molecule has 0 aliphatic rings. The highest BCUT2D eigenvalue weighted by Crippen LogP contribution is 2.15. The number of halogens is 1. The van der Waals surface area contributed by atoms with Crippen molar-refractivity contribution in [1.29, 1.82) is 0 Å². The van der Waals surface area contributed by atoms with Gasteiger partial charge in [0.15, 0.2) is 0 Å². The number of rotatable bonds is 6. The van der Waals surface area contributed by atoms with E-state index in [0.717, 1.165) is 10.9 Å². The van der Waals surface area contributed by atoms with Gasteiger partial charge in [0.1, 0.15) is 0 Å². The van der Waals surface area contributed by atoms with E-state index in [4.69, 9.17) is 0 Å². The van der Waals surface area contributed by atoms with Gasteiger partial charge in [0.05, 0.1) is 5.56 Å². The van der Waals surface area contributed by atoms with Crippen molar-refractivity contribution in [1.82, 2.24) is 10.2 Å². The van der Waals surface area contributed by atoms with Crippen LogP contribution < -0.4 is 5.32 Å². The average molecular weight is 341 g/mol. The van der Waals surface area contributed by atoms with Crippen molar-refractivity contribution in [3.8, 4) is 0 Å². The molecule has 1 unspecified atom stereocenters. The third-order valence-electron chi connectivity index (χ3n) is 3.28. The van der Waals surface area contributed by atoms with Crippen LogP contribution in [0, 0.1) is 0 Å². The molecule has 4 nitrogen and oxygen atoms in total. The van der Waals surface area contributed by atoms with Crippen LogP contribution in [0.1, 0.15) is 37.6 Å². The number of carbonyl (C=O) groups is 2. The molecule has 1 rings (SSSR count). The summed E-state index contributed by atoms with van der Waals surface area (Å²) in [6, 6.07) is 7.46. The Hall–Kier alpha value is -1.36. The maximum Gasteiger partial charge on any atom is 0.252 e. The standard InChI is InChI=1S/C15H21BrN2O2/c1-4-11(2)18(12(3)19)10-9-17-15(20)13-7-5-6-8-14(13)16/h5-8,11H,4,9-10H2,1-3H3,(H,17,20). The van der Waals surface area contributed by atoms with Gasteiger partial charge in [-0.2, -0.15) is 0 Å². The molecule has 1 aromatic carbocycles. The Balaban J connectivity index is 2.53. The van der Waals surface area contributed by atoms with Gasteiger partial charge in [-0.3, -0.25) is 9.59 Å². The molecule has 110 valence electrons. The van der Waals surface area contributed by atoms with E-state index in [1.165, 1.54) is 0 Å². The number of carbonyl (C=O) groups excluding carboxylic acids is 2. The Bertz CT molecular complexity index is 477. The molecular formula is C15H21BrN2O2. The Labute approximate surface area is 128 Å². The molecule has 5 heteroatoms. The summed E-state index contributed by atoms with van der Waals surface area (Å²) in [6.45, 7) is 6.59. The van der Waals surface area contributed by atoms with Gasteiger partial charge in [-0.25, -0.2) is 0 Å². The van der Waals surface area contributed by atoms with E-state index in [0.29, 0.717) is 18.7 Å². The highest BCUT2D eigenvalue weighted by Gasteiger charge is 2.15. The molecular weight excluding hydrogens is 320 g/mol. The summed E-state index contributed by atoms with van der Waals surface area (Å²) in [6.07, 6.45) is 0.901. The highest BCUT2D eigenvalue weighted by atomic mass is 79.9. The van der Waals surface area contributed by atoms with Crippen LogP contribution in [0.4, 0.5) is 0 Å². The molecule has 0 spiro atoms. The van der Waals surface area contributed by atoms with Crippen LogP contribution in [-0.2, 0) is 4.79 Å². The molecule has 0 aliphatic carbocycles. The molecule has 1 atom stereocenters. The second-order valence-electron chi connectivity index (χ2n) is 4.71. The number of hydrogen-bond donors (Lipinski definition) is 1. The summed E-state index contributed by atoms with van der Waals surface area (Å²) in [4.78, 5) is 25.3. The minimum Gasteiger partial charge on any atom is -0.350 e. The van der Waals surface area contributed by atoms with Crippen molar-refractivity contribution in [2.24, 2.45) is 0 Å². The molecule has 0 fully saturated rings. The van der Waals surface area contributed by atoms with E-state index in [1.807, 2.05) is 32.0 Å². The van der Waals surface area contributed by atoms with Crippen LogP contribution in [0.5, 0.6) is 0 Å². The Kier molecular flexibility index (Phi) is 6.71. The van der Waals surface area contributed by atoms with Gasteiger partial charge < -0.3 is 10.2 Å². The quantitative estimate of drug-likeness (QED) is 0.865. The molecule has 0 aliphatic heterocycles. The molecule has 0 saturated heterocycles. The van der Waals surface area contributed by atoms with Crippen molar-refractivity contribution < 1.29 is 9.59 Å². The van der Waals surface area contributed by atoms with Crippen molar-refractivity contribution in [3.05, 3.63) is 34.3 Å². The first kappa shape index (κ1) is 16.7. The molecule has 1 aromatic rings. The zero-order valence-corrected chi connectivity index (χ0v) is 13.7. The lowest BCUT2D eigenvalue weighted by Gasteiger charge is -2.27. The lowest BCUT2D eigenvalue weighted by atomic mass is 10.2. The van der Waals surface area contributed by atoms with Crippen LogP contribution in [0.25, 0.3) is 0 Å². The smallest absolute Gasteiger partial charge is 0.252 e. The van der Waals surface area contributed by atoms with E-state index in [1.54, 1.807) is 17.9 Å². The van der Waals surface area contributed by atoms with Gasteiger partial charge in [0, 0.05) is 30.5 Å². The lowest BCUT2D eigenvalue weighted by Crippen LogP contribution is -2.42. The van der Waals surface area contributed by atoms with Gasteiger partial charge >= 0.3 is 0 Å². The second kappa shape index (κ2) is 8.04. The van der Waals surface area contributed by atoms with Gasteiger partial charge in [0.25, 0.3) is 5.91 Å². The van der Waals surface area contributed by atoms with Crippen LogP contribution in [-0.4, -0.2) is 35.8 Å². The highest BCUT2D eigenvalue weighted by molar-refractivity contribution is 9.10. The fourth-order valence-corrected chi connectivity index (χ4v) is 2.40. The predicted octanol–water partition coefficient (Wildman–Crippen LogP) is 2.83. The van der Waals surface area contributed by atoms with E-state index in [2.05, 4.69) is 21.2 Å². The number of benzene rings is 1.